The minimum Gasteiger partial charge on any atom is -0.491 e. The zero-order valence-corrected chi connectivity index (χ0v) is 19.0. The van der Waals surface area contributed by atoms with E-state index in [1.54, 1.807) is 0 Å². The molecule has 1 atom stereocenters. The van der Waals surface area contributed by atoms with Gasteiger partial charge in [-0.25, -0.2) is 0 Å². The fourth-order valence-electron chi connectivity index (χ4n) is 3.66. The number of nitrogens with zero attached hydrogens (tertiary/aromatic N) is 2. The Bertz CT molecular complexity index is 933. The van der Waals surface area contributed by atoms with Gasteiger partial charge in [0.1, 0.15) is 18.5 Å². The third kappa shape index (κ3) is 6.40. The molecule has 30 heavy (non-hydrogen) atoms. The van der Waals surface area contributed by atoms with Crippen LogP contribution >= 0.6 is 36.4 Å². The van der Waals surface area contributed by atoms with Gasteiger partial charge in [0.05, 0.1) is 0 Å². The molecular formula is C23H27Cl3N2O2. The average molecular weight is 470 g/mol. The summed E-state index contributed by atoms with van der Waals surface area (Å²) in [6.07, 6.45) is -0.510. The summed E-state index contributed by atoms with van der Waals surface area (Å²) in [4.78, 5) is 4.62. The quantitative estimate of drug-likeness (QED) is 0.557. The van der Waals surface area contributed by atoms with Crippen molar-refractivity contribution in [3.05, 3.63) is 71.8 Å². The van der Waals surface area contributed by atoms with Gasteiger partial charge in [0, 0.05) is 43.4 Å². The molecule has 3 aromatic carbocycles. The Labute approximate surface area is 195 Å². The van der Waals surface area contributed by atoms with E-state index in [1.807, 2.05) is 48.5 Å². The van der Waals surface area contributed by atoms with Crippen molar-refractivity contribution >= 4 is 52.9 Å². The Morgan fingerprint density at radius 1 is 0.867 bits per heavy atom. The van der Waals surface area contributed by atoms with Crippen molar-refractivity contribution in [1.82, 2.24) is 4.90 Å². The second-order valence-electron chi connectivity index (χ2n) is 7.24. The van der Waals surface area contributed by atoms with Crippen molar-refractivity contribution in [1.29, 1.82) is 0 Å². The minimum absolute atomic E-state index is 0. The predicted octanol–water partition coefficient (Wildman–Crippen LogP) is 4.90. The first-order valence-electron chi connectivity index (χ1n) is 9.70. The van der Waals surface area contributed by atoms with E-state index in [4.69, 9.17) is 16.3 Å². The Kier molecular flexibility index (Phi) is 9.53. The Balaban J connectivity index is 0.00000160. The lowest BCUT2D eigenvalue weighted by Crippen LogP contribution is -2.49. The smallest absolute Gasteiger partial charge is 0.120 e. The number of ether oxygens (including phenoxy) is 1. The number of halogens is 3. The highest BCUT2D eigenvalue weighted by Crippen LogP contribution is 2.22. The van der Waals surface area contributed by atoms with Gasteiger partial charge in [-0.05, 0) is 41.1 Å². The molecule has 0 amide bonds. The fourth-order valence-corrected chi connectivity index (χ4v) is 3.85. The van der Waals surface area contributed by atoms with E-state index < -0.39 is 6.10 Å². The molecule has 0 aliphatic carbocycles. The standard InChI is InChI=1S/C23H25ClN2O2.2ClH/c24-20-6-3-7-21(15-20)26-12-10-25(11-13-26)16-22(27)17-28-23-9-8-18-4-1-2-5-19(18)14-23;;/h1-9,14-15,22,27H,10-13,16-17H2;2*1H. The maximum atomic E-state index is 10.4. The van der Waals surface area contributed by atoms with Crippen molar-refractivity contribution in [3.8, 4) is 5.75 Å². The Morgan fingerprint density at radius 2 is 1.60 bits per heavy atom. The normalized spacial score (nSPS) is 15.2. The zero-order valence-electron chi connectivity index (χ0n) is 16.6. The van der Waals surface area contributed by atoms with Crippen LogP contribution in [0.1, 0.15) is 0 Å². The first-order chi connectivity index (χ1) is 13.7. The molecule has 1 fully saturated rings. The molecule has 1 heterocycles. The maximum Gasteiger partial charge on any atom is 0.120 e. The largest absolute Gasteiger partial charge is 0.491 e. The van der Waals surface area contributed by atoms with Gasteiger partial charge in [0.15, 0.2) is 0 Å². The van der Waals surface area contributed by atoms with Crippen LogP contribution in [0.4, 0.5) is 5.69 Å². The molecule has 0 saturated carbocycles. The van der Waals surface area contributed by atoms with Crippen molar-refractivity contribution in [2.45, 2.75) is 6.10 Å². The number of aliphatic hydroxyl groups excluding tert-OH is 1. The van der Waals surface area contributed by atoms with E-state index >= 15 is 0 Å². The minimum atomic E-state index is -0.510. The van der Waals surface area contributed by atoms with E-state index in [0.717, 1.165) is 48.0 Å². The average Bonchev–Trinajstić information content (AvgIpc) is 2.73. The summed E-state index contributed by atoms with van der Waals surface area (Å²) in [6.45, 7) is 4.61. The number of anilines is 1. The number of β-amino-alcohol motifs (C(OH)–C–C–N with tert-alkyl or cyclic N) is 1. The van der Waals surface area contributed by atoms with Gasteiger partial charge in [0.2, 0.25) is 0 Å². The zero-order chi connectivity index (χ0) is 19.3. The van der Waals surface area contributed by atoms with Crippen molar-refractivity contribution in [2.24, 2.45) is 0 Å². The van der Waals surface area contributed by atoms with E-state index in [1.165, 1.54) is 5.39 Å². The summed E-state index contributed by atoms with van der Waals surface area (Å²) < 4.78 is 5.82. The van der Waals surface area contributed by atoms with Crippen LogP contribution in [0, 0.1) is 0 Å². The van der Waals surface area contributed by atoms with Crippen LogP contribution in [0.15, 0.2) is 66.7 Å². The number of aliphatic hydroxyl groups is 1. The number of fused-ring (bicyclic) bond motifs is 1. The van der Waals surface area contributed by atoms with Crippen LogP contribution in [0.5, 0.6) is 5.75 Å². The molecule has 0 radical (unpaired) electrons. The molecule has 0 bridgehead atoms. The summed E-state index contributed by atoms with van der Waals surface area (Å²) in [5.74, 6) is 0.795. The van der Waals surface area contributed by atoms with Gasteiger partial charge < -0.3 is 14.7 Å². The highest BCUT2D eigenvalue weighted by molar-refractivity contribution is 6.30. The van der Waals surface area contributed by atoms with Crippen LogP contribution in [-0.2, 0) is 0 Å². The summed E-state index contributed by atoms with van der Waals surface area (Å²) in [6, 6.07) is 22.2. The lowest BCUT2D eigenvalue weighted by atomic mass is 10.1. The molecule has 7 heteroatoms. The van der Waals surface area contributed by atoms with E-state index in [0.29, 0.717) is 13.2 Å². The van der Waals surface area contributed by atoms with E-state index in [-0.39, 0.29) is 24.8 Å². The van der Waals surface area contributed by atoms with Gasteiger partial charge in [0.25, 0.3) is 0 Å². The second-order valence-corrected chi connectivity index (χ2v) is 7.68. The Hall–Kier alpha value is -1.69. The predicted molar refractivity (Wildman–Crippen MR) is 130 cm³/mol. The molecule has 1 aliphatic rings. The van der Waals surface area contributed by atoms with E-state index in [2.05, 4.69) is 28.0 Å². The third-order valence-corrected chi connectivity index (χ3v) is 5.41. The molecule has 1 aliphatic heterocycles. The summed E-state index contributed by atoms with van der Waals surface area (Å²) >= 11 is 6.09. The Morgan fingerprint density at radius 3 is 2.33 bits per heavy atom. The first kappa shape index (κ1) is 24.6. The van der Waals surface area contributed by atoms with Gasteiger partial charge >= 0.3 is 0 Å². The van der Waals surface area contributed by atoms with Crippen LogP contribution < -0.4 is 9.64 Å². The van der Waals surface area contributed by atoms with Crippen molar-refractivity contribution < 1.29 is 9.84 Å². The van der Waals surface area contributed by atoms with Crippen molar-refractivity contribution in [2.75, 3.05) is 44.2 Å². The lowest BCUT2D eigenvalue weighted by molar-refractivity contribution is 0.0663. The molecule has 1 saturated heterocycles. The van der Waals surface area contributed by atoms with Crippen molar-refractivity contribution in [3.63, 3.8) is 0 Å². The topological polar surface area (TPSA) is 35.9 Å². The third-order valence-electron chi connectivity index (χ3n) is 5.18. The molecule has 4 rings (SSSR count). The van der Waals surface area contributed by atoms with Gasteiger partial charge in [-0.1, -0.05) is 48.0 Å². The number of piperazine rings is 1. The summed E-state index contributed by atoms with van der Waals surface area (Å²) in [7, 11) is 0. The van der Waals surface area contributed by atoms with Crippen LogP contribution in [0.25, 0.3) is 10.8 Å². The molecule has 1 unspecified atom stereocenters. The maximum absolute atomic E-state index is 10.4. The molecule has 4 nitrogen and oxygen atoms in total. The highest BCUT2D eigenvalue weighted by atomic mass is 35.5. The number of benzene rings is 3. The summed E-state index contributed by atoms with van der Waals surface area (Å²) in [5.41, 5.74) is 1.16. The van der Waals surface area contributed by atoms with Gasteiger partial charge in [-0.2, -0.15) is 0 Å². The molecular weight excluding hydrogens is 443 g/mol. The monoisotopic (exact) mass is 468 g/mol. The van der Waals surface area contributed by atoms with Crippen LogP contribution in [0.3, 0.4) is 0 Å². The SMILES string of the molecule is Cl.Cl.OC(COc1ccc2ccccc2c1)CN1CCN(c2cccc(Cl)c2)CC1. The van der Waals surface area contributed by atoms with Gasteiger partial charge in [-0.15, -0.1) is 24.8 Å². The highest BCUT2D eigenvalue weighted by Gasteiger charge is 2.20. The second kappa shape index (κ2) is 11.6. The van der Waals surface area contributed by atoms with E-state index in [9.17, 15) is 5.11 Å². The van der Waals surface area contributed by atoms with Crippen LogP contribution in [-0.4, -0.2) is 55.4 Å². The van der Waals surface area contributed by atoms with Crippen LogP contribution in [0.2, 0.25) is 5.02 Å². The molecule has 3 aromatic rings. The molecule has 1 N–H and O–H groups in total. The molecule has 0 spiro atoms. The fraction of sp³-hybridized carbons (Fsp3) is 0.304. The van der Waals surface area contributed by atoms with Gasteiger partial charge in [-0.3, -0.25) is 4.90 Å². The lowest BCUT2D eigenvalue weighted by Gasteiger charge is -2.36. The number of rotatable bonds is 6. The number of hydrogen-bond acceptors (Lipinski definition) is 4. The number of hydrogen-bond donors (Lipinski definition) is 1. The first-order valence-corrected chi connectivity index (χ1v) is 10.1. The molecule has 0 aromatic heterocycles. The summed E-state index contributed by atoms with van der Waals surface area (Å²) in [5, 5.41) is 13.5. The molecule has 162 valence electrons.